The lowest BCUT2D eigenvalue weighted by Crippen LogP contribution is -2.11. The summed E-state index contributed by atoms with van der Waals surface area (Å²) in [5, 5.41) is 0. The van der Waals surface area contributed by atoms with Gasteiger partial charge in [0.25, 0.3) is 0 Å². The first-order valence-electron chi connectivity index (χ1n) is 3.39. The van der Waals surface area contributed by atoms with E-state index in [1.165, 1.54) is 7.11 Å². The molecule has 0 spiro atoms. The first-order valence-corrected chi connectivity index (χ1v) is 4.97. The molecule has 1 aromatic rings. The molecule has 5 heteroatoms. The molecule has 70 valence electrons. The van der Waals surface area contributed by atoms with Crippen LogP contribution in [0.25, 0.3) is 0 Å². The van der Waals surface area contributed by atoms with Crippen LogP contribution < -0.4 is 10.5 Å². The Morgan fingerprint density at radius 1 is 1.46 bits per heavy atom. The van der Waals surface area contributed by atoms with Crippen LogP contribution in [0.5, 0.6) is 5.75 Å². The van der Waals surface area contributed by atoms with Crippen molar-refractivity contribution in [1.29, 1.82) is 0 Å². The minimum Gasteiger partial charge on any atom is -0.496 e. The van der Waals surface area contributed by atoms with Crippen LogP contribution in [0.2, 0.25) is 0 Å². The summed E-state index contributed by atoms with van der Waals surface area (Å²) in [4.78, 5) is 10.9. The van der Waals surface area contributed by atoms with Gasteiger partial charge in [-0.3, -0.25) is 4.79 Å². The summed E-state index contributed by atoms with van der Waals surface area (Å²) in [6, 6.07) is 3.21. The van der Waals surface area contributed by atoms with Crippen molar-refractivity contribution >= 4 is 37.8 Å². The normalized spacial score (nSPS) is 9.77. The van der Waals surface area contributed by atoms with Gasteiger partial charge in [-0.1, -0.05) is 0 Å². The van der Waals surface area contributed by atoms with Crippen molar-refractivity contribution in [2.24, 2.45) is 5.73 Å². The molecule has 0 saturated heterocycles. The summed E-state index contributed by atoms with van der Waals surface area (Å²) >= 11 is 6.57. The van der Waals surface area contributed by atoms with Crippen LogP contribution in [-0.2, 0) is 0 Å². The summed E-state index contributed by atoms with van der Waals surface area (Å²) in [6.07, 6.45) is 0. The second-order valence-corrected chi connectivity index (χ2v) is 3.99. The maximum atomic E-state index is 10.9. The van der Waals surface area contributed by atoms with Crippen LogP contribution in [0.15, 0.2) is 21.1 Å². The molecule has 0 fully saturated rings. The molecule has 2 N–H and O–H groups in total. The Balaban J connectivity index is 3.30. The third kappa shape index (κ3) is 2.22. The highest BCUT2D eigenvalue weighted by Crippen LogP contribution is 2.33. The molecule has 0 aromatic heterocycles. The van der Waals surface area contributed by atoms with Gasteiger partial charge in [0, 0.05) is 10.0 Å². The first-order chi connectivity index (χ1) is 6.06. The molecule has 0 unspecified atom stereocenters. The number of ether oxygens (including phenoxy) is 1. The van der Waals surface area contributed by atoms with Crippen molar-refractivity contribution in [3.8, 4) is 5.75 Å². The van der Waals surface area contributed by atoms with E-state index in [0.717, 1.165) is 8.95 Å². The summed E-state index contributed by atoms with van der Waals surface area (Å²) < 4.78 is 6.53. The number of hydrogen-bond donors (Lipinski definition) is 1. The number of methoxy groups -OCH3 is 1. The fraction of sp³-hybridized carbons (Fsp3) is 0.125. The summed E-state index contributed by atoms with van der Waals surface area (Å²) in [7, 11) is 1.53. The van der Waals surface area contributed by atoms with E-state index >= 15 is 0 Å². The largest absolute Gasteiger partial charge is 0.496 e. The smallest absolute Gasteiger partial charge is 0.248 e. The van der Waals surface area contributed by atoms with Gasteiger partial charge >= 0.3 is 0 Å². The highest BCUT2D eigenvalue weighted by Gasteiger charge is 2.09. The summed E-state index contributed by atoms with van der Waals surface area (Å²) in [6.45, 7) is 0. The minimum atomic E-state index is -0.480. The molecule has 1 rings (SSSR count). The first kappa shape index (κ1) is 10.5. The highest BCUT2D eigenvalue weighted by atomic mass is 79.9. The van der Waals surface area contributed by atoms with E-state index in [-0.39, 0.29) is 0 Å². The molecule has 1 amide bonds. The molecule has 0 saturated carbocycles. The molecule has 0 aliphatic carbocycles. The molecule has 13 heavy (non-hydrogen) atoms. The predicted molar refractivity (Wildman–Crippen MR) is 56.9 cm³/mol. The predicted octanol–water partition coefficient (Wildman–Crippen LogP) is 2.32. The van der Waals surface area contributed by atoms with Crippen LogP contribution in [0.4, 0.5) is 0 Å². The van der Waals surface area contributed by atoms with E-state index in [2.05, 4.69) is 31.9 Å². The lowest BCUT2D eigenvalue weighted by atomic mass is 10.2. The van der Waals surface area contributed by atoms with Crippen LogP contribution in [0.3, 0.4) is 0 Å². The Kier molecular flexibility index (Phi) is 3.33. The van der Waals surface area contributed by atoms with Gasteiger partial charge in [0.1, 0.15) is 5.75 Å². The lowest BCUT2D eigenvalue weighted by molar-refractivity contribution is 0.1000. The van der Waals surface area contributed by atoms with Gasteiger partial charge in [0.05, 0.1) is 11.6 Å². The second-order valence-electron chi connectivity index (χ2n) is 2.34. The van der Waals surface area contributed by atoms with Crippen molar-refractivity contribution in [3.05, 3.63) is 26.6 Å². The Labute approximate surface area is 92.5 Å². The summed E-state index contributed by atoms with van der Waals surface area (Å²) in [5.74, 6) is 0.0923. The van der Waals surface area contributed by atoms with E-state index in [1.54, 1.807) is 12.1 Å². The fourth-order valence-corrected chi connectivity index (χ4v) is 1.69. The van der Waals surface area contributed by atoms with E-state index in [4.69, 9.17) is 10.5 Å². The Bertz CT molecular complexity index is 352. The quantitative estimate of drug-likeness (QED) is 0.911. The summed E-state index contributed by atoms with van der Waals surface area (Å²) in [5.41, 5.74) is 5.53. The van der Waals surface area contributed by atoms with Gasteiger partial charge < -0.3 is 10.5 Å². The zero-order chi connectivity index (χ0) is 10.0. The van der Waals surface area contributed by atoms with Gasteiger partial charge in [-0.2, -0.15) is 0 Å². The number of primary amides is 1. The minimum absolute atomic E-state index is 0.409. The van der Waals surface area contributed by atoms with E-state index in [9.17, 15) is 4.79 Å². The Hall–Kier alpha value is -0.550. The number of carbonyl (C=O) groups is 1. The number of carbonyl (C=O) groups excluding carboxylic acids is 1. The van der Waals surface area contributed by atoms with Gasteiger partial charge in [0.15, 0.2) is 0 Å². The zero-order valence-electron chi connectivity index (χ0n) is 6.80. The van der Waals surface area contributed by atoms with E-state index in [1.807, 2.05) is 0 Å². The van der Waals surface area contributed by atoms with Crippen molar-refractivity contribution in [2.45, 2.75) is 0 Å². The molecular formula is C8H7Br2NO2. The van der Waals surface area contributed by atoms with Crippen molar-refractivity contribution in [2.75, 3.05) is 7.11 Å². The second kappa shape index (κ2) is 4.11. The number of nitrogens with two attached hydrogens (primary N) is 1. The molecule has 1 aromatic carbocycles. The van der Waals surface area contributed by atoms with Crippen LogP contribution in [-0.4, -0.2) is 13.0 Å². The number of amides is 1. The SMILES string of the molecule is COc1cc(C(N)=O)cc(Br)c1Br. The Morgan fingerprint density at radius 3 is 2.54 bits per heavy atom. The lowest BCUT2D eigenvalue weighted by Gasteiger charge is -2.06. The molecular weight excluding hydrogens is 302 g/mol. The van der Waals surface area contributed by atoms with Crippen LogP contribution in [0.1, 0.15) is 10.4 Å². The number of rotatable bonds is 2. The monoisotopic (exact) mass is 307 g/mol. The van der Waals surface area contributed by atoms with Crippen molar-refractivity contribution in [3.63, 3.8) is 0 Å². The average Bonchev–Trinajstić information content (AvgIpc) is 2.09. The third-order valence-electron chi connectivity index (χ3n) is 1.50. The van der Waals surface area contributed by atoms with Gasteiger partial charge in [0.2, 0.25) is 5.91 Å². The van der Waals surface area contributed by atoms with Crippen LogP contribution in [0, 0.1) is 0 Å². The topological polar surface area (TPSA) is 52.3 Å². The van der Waals surface area contributed by atoms with Gasteiger partial charge in [-0.05, 0) is 44.0 Å². The maximum Gasteiger partial charge on any atom is 0.248 e. The molecule has 0 radical (unpaired) electrons. The maximum absolute atomic E-state index is 10.9. The Morgan fingerprint density at radius 2 is 2.08 bits per heavy atom. The van der Waals surface area contributed by atoms with Gasteiger partial charge in [-0.25, -0.2) is 0 Å². The van der Waals surface area contributed by atoms with Crippen molar-refractivity contribution in [1.82, 2.24) is 0 Å². The molecule has 3 nitrogen and oxygen atoms in total. The van der Waals surface area contributed by atoms with Crippen molar-refractivity contribution < 1.29 is 9.53 Å². The molecule has 0 heterocycles. The third-order valence-corrected chi connectivity index (χ3v) is 3.47. The van der Waals surface area contributed by atoms with E-state index in [0.29, 0.717) is 11.3 Å². The van der Waals surface area contributed by atoms with Gasteiger partial charge in [-0.15, -0.1) is 0 Å². The molecule has 0 atom stereocenters. The zero-order valence-corrected chi connectivity index (χ0v) is 9.98. The molecule has 0 aliphatic heterocycles. The van der Waals surface area contributed by atoms with Crippen LogP contribution >= 0.6 is 31.9 Å². The number of hydrogen-bond acceptors (Lipinski definition) is 2. The number of benzene rings is 1. The number of halogens is 2. The molecule has 0 aliphatic rings. The average molecular weight is 309 g/mol. The standard InChI is InChI=1S/C8H7Br2NO2/c1-13-6-3-4(8(11)12)2-5(9)7(6)10/h2-3H,1H3,(H2,11,12). The highest BCUT2D eigenvalue weighted by molar-refractivity contribution is 9.13. The van der Waals surface area contributed by atoms with E-state index < -0.39 is 5.91 Å². The fourth-order valence-electron chi connectivity index (χ4n) is 0.855. The molecule has 0 bridgehead atoms.